The summed E-state index contributed by atoms with van der Waals surface area (Å²) in [7, 11) is 0. The topological polar surface area (TPSA) is 346 Å². The Morgan fingerprint density at radius 2 is 1.15 bits per heavy atom. The molecule has 61 heavy (non-hydrogen) atoms. The van der Waals surface area contributed by atoms with Crippen molar-refractivity contribution in [2.45, 2.75) is 126 Å². The second kappa shape index (κ2) is 36.0. The average Bonchev–Trinajstić information content (AvgIpc) is 3.96. The highest BCUT2D eigenvalue weighted by Crippen LogP contribution is 2.17. The van der Waals surface area contributed by atoms with Gasteiger partial charge >= 0.3 is 5.97 Å². The molecular formula is C38H73N11O12. The van der Waals surface area contributed by atoms with Crippen molar-refractivity contribution >= 4 is 65.0 Å². The minimum absolute atomic E-state index is 0. The van der Waals surface area contributed by atoms with E-state index in [4.69, 9.17) is 10.8 Å². The van der Waals surface area contributed by atoms with Gasteiger partial charge < -0.3 is 63.6 Å². The SMILES string of the molecule is C.C.CC.CC.CC.CC(NC(=O)CNC(=O)CNC(=O)CNC(=O)C(CCC(N)=O)NC(=O)CNC(=O)C1CCCN1)C(=O)NCC(=O)N1CCCC1C(=O)NCC(=O)O. The number of hydrogen-bond acceptors (Lipinski definition) is 12. The summed E-state index contributed by atoms with van der Waals surface area (Å²) in [6.07, 6.45) is 1.82. The minimum atomic E-state index is -1.27. The second-order valence-corrected chi connectivity index (χ2v) is 12.1. The van der Waals surface area contributed by atoms with E-state index in [-0.39, 0.29) is 40.1 Å². The van der Waals surface area contributed by atoms with Crippen LogP contribution in [0.15, 0.2) is 0 Å². The van der Waals surface area contributed by atoms with Gasteiger partial charge in [0.25, 0.3) is 0 Å². The lowest BCUT2D eigenvalue weighted by atomic mass is 10.1. The molecular weight excluding hydrogens is 802 g/mol. The molecule has 2 aliphatic heterocycles. The van der Waals surface area contributed by atoms with Crippen molar-refractivity contribution in [3.05, 3.63) is 0 Å². The maximum Gasteiger partial charge on any atom is 0.322 e. The third-order valence-corrected chi connectivity index (χ3v) is 7.92. The fraction of sp³-hybridized carbons (Fsp3) is 0.711. The summed E-state index contributed by atoms with van der Waals surface area (Å²) >= 11 is 0. The van der Waals surface area contributed by atoms with Crippen molar-refractivity contribution in [1.82, 2.24) is 52.8 Å². The van der Waals surface area contributed by atoms with Gasteiger partial charge in [0.2, 0.25) is 59.1 Å². The van der Waals surface area contributed by atoms with E-state index in [9.17, 15) is 52.7 Å². The molecule has 2 fully saturated rings. The zero-order valence-electron chi connectivity index (χ0n) is 35.2. The molecule has 12 N–H and O–H groups in total. The normalized spacial score (nSPS) is 15.3. The van der Waals surface area contributed by atoms with Crippen LogP contribution in [-0.2, 0) is 52.7 Å². The number of rotatable bonds is 21. The molecule has 4 unspecified atom stereocenters. The van der Waals surface area contributed by atoms with Gasteiger partial charge in [-0.25, -0.2) is 0 Å². The monoisotopic (exact) mass is 876 g/mol. The van der Waals surface area contributed by atoms with Crippen LogP contribution in [0.3, 0.4) is 0 Å². The number of nitrogens with zero attached hydrogens (tertiary/aromatic N) is 1. The van der Waals surface area contributed by atoms with Gasteiger partial charge in [-0.2, -0.15) is 0 Å². The maximum absolute atomic E-state index is 12.6. The smallest absolute Gasteiger partial charge is 0.322 e. The van der Waals surface area contributed by atoms with Crippen LogP contribution in [-0.4, -0.2) is 152 Å². The maximum atomic E-state index is 12.6. The number of carbonyl (C=O) groups excluding carboxylic acids is 10. The first-order chi connectivity index (χ1) is 28.1. The van der Waals surface area contributed by atoms with E-state index < -0.39 is 123 Å². The Morgan fingerprint density at radius 1 is 0.639 bits per heavy atom. The number of carbonyl (C=O) groups is 11. The van der Waals surface area contributed by atoms with Crippen LogP contribution < -0.4 is 53.6 Å². The zero-order chi connectivity index (χ0) is 45.5. The highest BCUT2D eigenvalue weighted by Gasteiger charge is 2.34. The van der Waals surface area contributed by atoms with Crippen LogP contribution in [0.1, 0.15) is 102 Å². The van der Waals surface area contributed by atoms with E-state index in [1.54, 1.807) is 0 Å². The summed E-state index contributed by atoms with van der Waals surface area (Å²) in [4.78, 5) is 134. The Balaban J connectivity index is -0.00000194. The van der Waals surface area contributed by atoms with Gasteiger partial charge in [0.15, 0.2) is 0 Å². The van der Waals surface area contributed by atoms with Crippen molar-refractivity contribution in [2.24, 2.45) is 5.73 Å². The van der Waals surface area contributed by atoms with E-state index >= 15 is 0 Å². The Bertz CT molecular complexity index is 1420. The number of hydrogen-bond donors (Lipinski definition) is 11. The lowest BCUT2D eigenvalue weighted by Gasteiger charge is -2.24. The molecule has 10 amide bonds. The first-order valence-electron chi connectivity index (χ1n) is 19.8. The number of primary amides is 1. The Morgan fingerprint density at radius 3 is 1.69 bits per heavy atom. The Hall–Kier alpha value is -5.87. The van der Waals surface area contributed by atoms with Crippen molar-refractivity contribution < 1.29 is 57.8 Å². The molecule has 23 heteroatoms. The third kappa shape index (κ3) is 26.8. The molecule has 0 aromatic rings. The van der Waals surface area contributed by atoms with E-state index in [1.807, 2.05) is 41.5 Å². The molecule has 23 nitrogen and oxygen atoms in total. The number of aliphatic carboxylic acids is 1. The molecule has 4 atom stereocenters. The van der Waals surface area contributed by atoms with Gasteiger partial charge in [-0.15, -0.1) is 0 Å². The molecule has 0 aromatic heterocycles. The summed E-state index contributed by atoms with van der Waals surface area (Å²) < 4.78 is 0. The van der Waals surface area contributed by atoms with Crippen molar-refractivity contribution in [3.8, 4) is 0 Å². The summed E-state index contributed by atoms with van der Waals surface area (Å²) in [5.41, 5.74) is 5.15. The fourth-order valence-corrected chi connectivity index (χ4v) is 5.17. The molecule has 0 aliphatic carbocycles. The average molecular weight is 876 g/mol. The molecule has 352 valence electrons. The van der Waals surface area contributed by atoms with Crippen molar-refractivity contribution in [2.75, 3.05) is 52.4 Å². The fourth-order valence-electron chi connectivity index (χ4n) is 5.17. The molecule has 0 saturated carbocycles. The third-order valence-electron chi connectivity index (χ3n) is 7.92. The van der Waals surface area contributed by atoms with Crippen LogP contribution in [0.2, 0.25) is 0 Å². The lowest BCUT2D eigenvalue weighted by Crippen LogP contribution is -2.53. The summed E-state index contributed by atoms with van der Waals surface area (Å²) in [5, 5.41) is 30.1. The number of likely N-dealkylation sites (tertiary alicyclic amines) is 1. The molecule has 0 radical (unpaired) electrons. The number of carboxylic acids is 1. The summed E-state index contributed by atoms with van der Waals surface area (Å²) in [6, 6.07) is -3.69. The standard InChI is InChI=1S/C30H47N11O12.3C2H6.2CH4/c1-16(27(50)37-14-25(47)41-9-3-5-19(41)30(53)38-15-26(48)49)39-23(45)12-34-21(43)10-33-22(44)11-35-29(52)18(6-7-20(31)42)40-24(46)13-36-28(51)17-4-2-8-32-17;3*1-2;;/h16-19,32H,2-15H2,1H3,(H2,31,42)(H,33,44)(H,34,43)(H,35,52)(H,36,51)(H,37,50)(H,38,53)(H,39,45)(H,40,46)(H,48,49);3*1-2H3;2*1H4. The molecule has 0 spiro atoms. The number of carboxylic acid groups (broad SMARTS) is 1. The minimum Gasteiger partial charge on any atom is -0.480 e. The highest BCUT2D eigenvalue weighted by molar-refractivity contribution is 5.95. The van der Waals surface area contributed by atoms with E-state index in [2.05, 4.69) is 47.9 Å². The molecule has 0 bridgehead atoms. The van der Waals surface area contributed by atoms with Crippen molar-refractivity contribution in [3.63, 3.8) is 0 Å². The predicted molar refractivity (Wildman–Crippen MR) is 227 cm³/mol. The number of nitrogens with one attached hydrogen (secondary N) is 9. The van der Waals surface area contributed by atoms with Gasteiger partial charge in [-0.3, -0.25) is 52.7 Å². The van der Waals surface area contributed by atoms with Crippen LogP contribution in [0.5, 0.6) is 0 Å². The Labute approximate surface area is 359 Å². The van der Waals surface area contributed by atoms with E-state index in [0.29, 0.717) is 25.8 Å². The first kappa shape index (κ1) is 61.8. The lowest BCUT2D eigenvalue weighted by molar-refractivity contribution is -0.141. The van der Waals surface area contributed by atoms with Gasteiger partial charge in [0.1, 0.15) is 24.7 Å². The first-order valence-corrected chi connectivity index (χ1v) is 19.8. The molecule has 2 saturated heterocycles. The molecule has 2 aliphatic rings. The quantitative estimate of drug-likeness (QED) is 0.0553. The van der Waals surface area contributed by atoms with Gasteiger partial charge in [-0.1, -0.05) is 56.4 Å². The van der Waals surface area contributed by atoms with Crippen LogP contribution in [0.25, 0.3) is 0 Å². The second-order valence-electron chi connectivity index (χ2n) is 12.1. The zero-order valence-corrected chi connectivity index (χ0v) is 35.2. The van der Waals surface area contributed by atoms with Crippen LogP contribution in [0.4, 0.5) is 0 Å². The number of nitrogens with two attached hydrogens (primary N) is 1. The van der Waals surface area contributed by atoms with Crippen molar-refractivity contribution in [1.29, 1.82) is 0 Å². The number of amides is 10. The van der Waals surface area contributed by atoms with Crippen LogP contribution >= 0.6 is 0 Å². The van der Waals surface area contributed by atoms with Gasteiger partial charge in [0.05, 0.1) is 38.8 Å². The van der Waals surface area contributed by atoms with Gasteiger partial charge in [0, 0.05) is 13.0 Å². The van der Waals surface area contributed by atoms with Crippen LogP contribution in [0, 0.1) is 0 Å². The van der Waals surface area contributed by atoms with Gasteiger partial charge in [-0.05, 0) is 45.6 Å². The summed E-state index contributed by atoms with van der Waals surface area (Å²) in [6.45, 7) is 10.9. The highest BCUT2D eigenvalue weighted by atomic mass is 16.4. The molecule has 2 rings (SSSR count). The van der Waals surface area contributed by atoms with E-state index in [1.165, 1.54) is 11.8 Å². The van der Waals surface area contributed by atoms with E-state index in [0.717, 1.165) is 6.42 Å². The molecule has 0 aromatic carbocycles. The molecule has 2 heterocycles. The summed E-state index contributed by atoms with van der Waals surface area (Å²) in [5.74, 6) is -8.23. The Kier molecular flexibility index (Phi) is 36.5. The predicted octanol–water partition coefficient (Wildman–Crippen LogP) is -2.88. The largest absolute Gasteiger partial charge is 0.480 e.